The van der Waals surface area contributed by atoms with E-state index in [2.05, 4.69) is 20.9 Å². The summed E-state index contributed by atoms with van der Waals surface area (Å²) in [5.74, 6) is -0.955. The van der Waals surface area contributed by atoms with Gasteiger partial charge in [0.1, 0.15) is 11.5 Å². The van der Waals surface area contributed by atoms with Crippen molar-refractivity contribution in [3.05, 3.63) is 34.1 Å². The Morgan fingerprint density at radius 3 is 2.56 bits per heavy atom. The van der Waals surface area contributed by atoms with Gasteiger partial charge in [-0.15, -0.1) is 0 Å². The Labute approximate surface area is 96.7 Å². The minimum atomic E-state index is -3.17. The highest BCUT2D eigenvalue weighted by molar-refractivity contribution is 9.10. The van der Waals surface area contributed by atoms with Crippen molar-refractivity contribution in [2.24, 2.45) is 4.99 Å². The second-order valence-electron chi connectivity index (χ2n) is 2.70. The smallest absolute Gasteiger partial charge is 0.431 e. The first-order chi connectivity index (χ1) is 7.41. The Morgan fingerprint density at radius 1 is 1.44 bits per heavy atom. The molecule has 0 aliphatic rings. The average Bonchev–Trinajstić information content (AvgIpc) is 2.18. The van der Waals surface area contributed by atoms with Crippen molar-refractivity contribution in [3.8, 4) is 0 Å². The molecule has 3 nitrogen and oxygen atoms in total. The number of amides is 1. The van der Waals surface area contributed by atoms with E-state index in [0.717, 1.165) is 12.1 Å². The molecule has 1 rings (SSSR count). The lowest BCUT2D eigenvalue weighted by Gasteiger charge is -2.06. The minimum absolute atomic E-state index is 0.350. The van der Waals surface area contributed by atoms with Crippen molar-refractivity contribution in [2.45, 2.75) is 6.43 Å². The molecule has 1 N–H and O–H groups in total. The first-order valence-electron chi connectivity index (χ1n) is 3.97. The number of benzene rings is 1. The van der Waals surface area contributed by atoms with Gasteiger partial charge < -0.3 is 5.11 Å². The maximum absolute atomic E-state index is 13.2. The second-order valence-corrected chi connectivity index (χ2v) is 3.62. The quantitative estimate of drug-likeness (QED) is 0.851. The van der Waals surface area contributed by atoms with Crippen molar-refractivity contribution >= 4 is 27.7 Å². The Morgan fingerprint density at radius 2 is 2.06 bits per heavy atom. The number of alkyl halides is 2. The Balaban J connectivity index is 3.31. The predicted molar refractivity (Wildman–Crippen MR) is 54.7 cm³/mol. The van der Waals surface area contributed by atoms with Crippen LogP contribution in [-0.4, -0.2) is 23.3 Å². The van der Waals surface area contributed by atoms with Crippen LogP contribution in [0, 0.1) is 5.82 Å². The summed E-state index contributed by atoms with van der Waals surface area (Å²) in [5.41, 5.74) is -1.64. The van der Waals surface area contributed by atoms with Gasteiger partial charge in [-0.2, -0.15) is 4.99 Å². The largest absolute Gasteiger partial charge is 0.463 e. The fraction of sp³-hybridized carbons (Fsp3) is 0.111. The van der Waals surface area contributed by atoms with Crippen LogP contribution in [0.4, 0.5) is 18.0 Å². The molecule has 0 unspecified atom stereocenters. The summed E-state index contributed by atoms with van der Waals surface area (Å²) in [7, 11) is 0. The van der Waals surface area contributed by atoms with Gasteiger partial charge in [0.2, 0.25) is 0 Å². The number of rotatable bonds is 2. The van der Waals surface area contributed by atoms with Crippen LogP contribution in [0.25, 0.3) is 0 Å². The highest BCUT2D eigenvalue weighted by Crippen LogP contribution is 2.19. The number of nitrogens with zero attached hydrogens (tertiary/aromatic N) is 1. The fourth-order valence-electron chi connectivity index (χ4n) is 1.02. The van der Waals surface area contributed by atoms with Gasteiger partial charge in [0, 0.05) is 10.0 Å². The lowest BCUT2D eigenvalue weighted by molar-refractivity contribution is 0.202. The standard InChI is InChI=1S/C9H5BrF3NO2/c10-4-1-2-6(11)5(3-4)7(8(12)13)14-9(15)16/h1-3,8H,(H,15,16)/b14-7-. The first-order valence-corrected chi connectivity index (χ1v) is 4.76. The molecule has 16 heavy (non-hydrogen) atoms. The highest BCUT2D eigenvalue weighted by Gasteiger charge is 2.21. The van der Waals surface area contributed by atoms with E-state index in [1.54, 1.807) is 0 Å². The molecule has 0 saturated carbocycles. The van der Waals surface area contributed by atoms with Crippen LogP contribution >= 0.6 is 15.9 Å². The molecule has 0 aliphatic heterocycles. The van der Waals surface area contributed by atoms with Crippen molar-refractivity contribution < 1.29 is 23.1 Å². The summed E-state index contributed by atoms with van der Waals surface area (Å²) in [6, 6.07) is 3.30. The summed E-state index contributed by atoms with van der Waals surface area (Å²) < 4.78 is 38.5. The minimum Gasteiger partial charge on any atom is -0.463 e. The lowest BCUT2D eigenvalue weighted by atomic mass is 10.1. The molecule has 0 aromatic heterocycles. The molecular weight excluding hydrogens is 291 g/mol. The monoisotopic (exact) mass is 295 g/mol. The third-order valence-electron chi connectivity index (χ3n) is 1.63. The summed E-state index contributed by atoms with van der Waals surface area (Å²) in [5, 5.41) is 8.30. The van der Waals surface area contributed by atoms with Crippen LogP contribution in [0.2, 0.25) is 0 Å². The Hall–Kier alpha value is -1.37. The molecule has 86 valence electrons. The van der Waals surface area contributed by atoms with Gasteiger partial charge in [-0.1, -0.05) is 15.9 Å². The Kier molecular flexibility index (Phi) is 4.05. The molecule has 7 heteroatoms. The fourth-order valence-corrected chi connectivity index (χ4v) is 1.38. The number of hydrogen-bond donors (Lipinski definition) is 1. The van der Waals surface area contributed by atoms with Crippen LogP contribution < -0.4 is 0 Å². The van der Waals surface area contributed by atoms with Gasteiger partial charge in [-0.25, -0.2) is 18.0 Å². The lowest BCUT2D eigenvalue weighted by Crippen LogP contribution is -2.16. The molecule has 0 radical (unpaired) electrons. The number of hydrogen-bond acceptors (Lipinski definition) is 1. The normalized spacial score (nSPS) is 11.9. The number of halogens is 4. The molecule has 0 atom stereocenters. The van der Waals surface area contributed by atoms with E-state index in [4.69, 9.17) is 5.11 Å². The van der Waals surface area contributed by atoms with E-state index in [-0.39, 0.29) is 0 Å². The van der Waals surface area contributed by atoms with Crippen molar-refractivity contribution in [1.29, 1.82) is 0 Å². The molecular formula is C9H5BrF3NO2. The van der Waals surface area contributed by atoms with Gasteiger partial charge in [0.15, 0.2) is 0 Å². The second kappa shape index (κ2) is 5.11. The van der Waals surface area contributed by atoms with Crippen molar-refractivity contribution in [3.63, 3.8) is 0 Å². The molecule has 0 aliphatic carbocycles. The van der Waals surface area contributed by atoms with Crippen LogP contribution in [0.1, 0.15) is 5.56 Å². The van der Waals surface area contributed by atoms with E-state index < -0.39 is 29.6 Å². The molecule has 0 spiro atoms. The summed E-state index contributed by atoms with van der Waals surface area (Å²) in [6.45, 7) is 0. The van der Waals surface area contributed by atoms with Crippen molar-refractivity contribution in [2.75, 3.05) is 0 Å². The summed E-state index contributed by atoms with van der Waals surface area (Å²) in [4.78, 5) is 12.9. The zero-order valence-corrected chi connectivity index (χ0v) is 9.21. The van der Waals surface area contributed by atoms with Crippen LogP contribution in [0.3, 0.4) is 0 Å². The van der Waals surface area contributed by atoms with Gasteiger partial charge >= 0.3 is 6.09 Å². The summed E-state index contributed by atoms with van der Waals surface area (Å²) >= 11 is 2.97. The highest BCUT2D eigenvalue weighted by atomic mass is 79.9. The van der Waals surface area contributed by atoms with Crippen molar-refractivity contribution in [1.82, 2.24) is 0 Å². The van der Waals surface area contributed by atoms with Crippen LogP contribution in [0.15, 0.2) is 27.7 Å². The van der Waals surface area contributed by atoms with Gasteiger partial charge in [0.25, 0.3) is 6.43 Å². The zero-order chi connectivity index (χ0) is 12.3. The van der Waals surface area contributed by atoms with E-state index >= 15 is 0 Å². The van der Waals surface area contributed by atoms with Crippen LogP contribution in [-0.2, 0) is 0 Å². The number of carboxylic acid groups (broad SMARTS) is 1. The number of aliphatic imine (C=N–C) groups is 1. The third kappa shape index (κ3) is 3.06. The molecule has 0 fully saturated rings. The Bertz CT molecular complexity index is 448. The zero-order valence-electron chi connectivity index (χ0n) is 7.62. The van der Waals surface area contributed by atoms with E-state index in [1.165, 1.54) is 6.07 Å². The molecule has 0 heterocycles. The third-order valence-corrected chi connectivity index (χ3v) is 2.12. The first kappa shape index (κ1) is 12.7. The molecule has 0 bridgehead atoms. The topological polar surface area (TPSA) is 49.7 Å². The van der Waals surface area contributed by atoms with Crippen LogP contribution in [0.5, 0.6) is 0 Å². The molecule has 1 aromatic rings. The van der Waals surface area contributed by atoms with E-state index in [9.17, 15) is 18.0 Å². The maximum atomic E-state index is 13.2. The van der Waals surface area contributed by atoms with Gasteiger partial charge in [0.05, 0.1) is 0 Å². The van der Waals surface area contributed by atoms with E-state index in [0.29, 0.717) is 4.47 Å². The maximum Gasteiger partial charge on any atom is 0.431 e. The van der Waals surface area contributed by atoms with Gasteiger partial charge in [-0.05, 0) is 18.2 Å². The molecule has 0 saturated heterocycles. The number of carbonyl (C=O) groups is 1. The van der Waals surface area contributed by atoms with E-state index in [1.807, 2.05) is 0 Å². The predicted octanol–water partition coefficient (Wildman–Crippen LogP) is 3.32. The summed E-state index contributed by atoms with van der Waals surface area (Å²) in [6.07, 6.45) is -4.96. The SMILES string of the molecule is O=C(O)/N=C(/c1cc(Br)ccc1F)C(F)F. The van der Waals surface area contributed by atoms with Gasteiger partial charge in [-0.3, -0.25) is 0 Å². The molecule has 1 aromatic carbocycles. The average molecular weight is 296 g/mol. The molecule has 1 amide bonds.